The van der Waals surface area contributed by atoms with Gasteiger partial charge in [-0.2, -0.15) is 15.6 Å². The van der Waals surface area contributed by atoms with E-state index in [0.717, 1.165) is 12.8 Å². The average Bonchev–Trinajstić information content (AvgIpc) is 2.80. The molecule has 90 valence electrons. The molecule has 0 spiro atoms. The molecule has 1 atom stereocenters. The number of thiophene rings is 1. The third kappa shape index (κ3) is 1.92. The molecule has 0 radical (unpaired) electrons. The van der Waals surface area contributed by atoms with Crippen molar-refractivity contribution in [3.05, 3.63) is 16.8 Å². The topological polar surface area (TPSA) is 37.4 Å². The molecule has 16 heavy (non-hydrogen) atoms. The molecule has 1 aliphatic carbocycles. The van der Waals surface area contributed by atoms with Gasteiger partial charge in [0.15, 0.2) is 0 Å². The number of rotatable bonds is 4. The lowest BCUT2D eigenvalue weighted by Crippen LogP contribution is -2.39. The first-order valence-electron chi connectivity index (χ1n) is 5.38. The van der Waals surface area contributed by atoms with Crippen molar-refractivity contribution in [2.45, 2.75) is 37.6 Å². The minimum atomic E-state index is -3.29. The summed E-state index contributed by atoms with van der Waals surface area (Å²) in [4.78, 5) is 0.413. The van der Waals surface area contributed by atoms with Gasteiger partial charge in [-0.05, 0) is 36.6 Å². The van der Waals surface area contributed by atoms with E-state index in [-0.39, 0.29) is 11.5 Å². The quantitative estimate of drug-likeness (QED) is 0.833. The fraction of sp³-hybridized carbons (Fsp3) is 0.636. The summed E-state index contributed by atoms with van der Waals surface area (Å²) in [5, 5.41) is 3.48. The average molecular weight is 259 g/mol. The number of hydrogen-bond acceptors (Lipinski definition) is 3. The van der Waals surface area contributed by atoms with Crippen molar-refractivity contribution < 1.29 is 8.42 Å². The Balaban J connectivity index is 2.25. The summed E-state index contributed by atoms with van der Waals surface area (Å²) in [6.07, 6.45) is 2.25. The standard InChI is InChI=1S/C11H17NO2S2/c1-9(11(2)5-6-11)12(3)16(13,14)10-4-7-15-8-10/h4,7-9H,5-6H2,1-3H3. The van der Waals surface area contributed by atoms with Gasteiger partial charge in [0.1, 0.15) is 0 Å². The summed E-state index contributed by atoms with van der Waals surface area (Å²) in [6.45, 7) is 4.15. The van der Waals surface area contributed by atoms with Gasteiger partial charge in [-0.3, -0.25) is 0 Å². The van der Waals surface area contributed by atoms with E-state index in [1.807, 2.05) is 6.92 Å². The summed E-state index contributed by atoms with van der Waals surface area (Å²) < 4.78 is 26.0. The zero-order chi connectivity index (χ0) is 12.0. The molecule has 1 heterocycles. The maximum absolute atomic E-state index is 12.2. The first kappa shape index (κ1) is 12.1. The van der Waals surface area contributed by atoms with E-state index in [1.165, 1.54) is 15.6 Å². The molecule has 0 saturated heterocycles. The summed E-state index contributed by atoms with van der Waals surface area (Å²) in [5.74, 6) is 0. The molecule has 1 aliphatic rings. The molecule has 1 aromatic heterocycles. The van der Waals surface area contributed by atoms with Crippen LogP contribution in [0.2, 0.25) is 0 Å². The monoisotopic (exact) mass is 259 g/mol. The minimum absolute atomic E-state index is 0.0670. The lowest BCUT2D eigenvalue weighted by molar-refractivity contribution is 0.283. The molecule has 1 unspecified atom stereocenters. The third-order valence-electron chi connectivity index (χ3n) is 3.76. The van der Waals surface area contributed by atoms with Crippen LogP contribution in [0.25, 0.3) is 0 Å². The number of hydrogen-bond donors (Lipinski definition) is 0. The van der Waals surface area contributed by atoms with Gasteiger partial charge in [0, 0.05) is 18.5 Å². The van der Waals surface area contributed by atoms with Crippen molar-refractivity contribution in [3.8, 4) is 0 Å². The van der Waals surface area contributed by atoms with Gasteiger partial charge in [-0.1, -0.05) is 6.92 Å². The lowest BCUT2D eigenvalue weighted by Gasteiger charge is -2.28. The fourth-order valence-corrected chi connectivity index (χ4v) is 4.33. The van der Waals surface area contributed by atoms with Crippen molar-refractivity contribution in [2.75, 3.05) is 7.05 Å². The zero-order valence-corrected chi connectivity index (χ0v) is 11.4. The highest BCUT2D eigenvalue weighted by atomic mass is 32.2. The summed E-state index contributed by atoms with van der Waals surface area (Å²) in [6, 6.07) is 1.73. The van der Waals surface area contributed by atoms with Crippen LogP contribution in [-0.4, -0.2) is 25.8 Å². The van der Waals surface area contributed by atoms with E-state index >= 15 is 0 Å². The van der Waals surface area contributed by atoms with Gasteiger partial charge in [-0.15, -0.1) is 0 Å². The van der Waals surface area contributed by atoms with Gasteiger partial charge in [0.25, 0.3) is 0 Å². The third-order valence-corrected chi connectivity index (χ3v) is 6.52. The van der Waals surface area contributed by atoms with E-state index in [1.54, 1.807) is 23.9 Å². The Morgan fingerprint density at radius 1 is 1.50 bits per heavy atom. The molecule has 0 amide bonds. The second-order valence-corrected chi connectivity index (χ2v) is 7.59. The maximum atomic E-state index is 12.2. The van der Waals surface area contributed by atoms with Crippen LogP contribution in [-0.2, 0) is 10.0 Å². The van der Waals surface area contributed by atoms with Crippen molar-refractivity contribution >= 4 is 21.4 Å². The highest BCUT2D eigenvalue weighted by molar-refractivity contribution is 7.89. The molecule has 0 N–H and O–H groups in total. The predicted octanol–water partition coefficient (Wildman–Crippen LogP) is 2.56. The van der Waals surface area contributed by atoms with E-state index < -0.39 is 10.0 Å². The van der Waals surface area contributed by atoms with Crippen LogP contribution < -0.4 is 0 Å². The molecular weight excluding hydrogens is 242 g/mol. The van der Waals surface area contributed by atoms with Crippen LogP contribution >= 0.6 is 11.3 Å². The van der Waals surface area contributed by atoms with Crippen molar-refractivity contribution in [1.82, 2.24) is 4.31 Å². The first-order valence-corrected chi connectivity index (χ1v) is 7.76. The summed E-state index contributed by atoms with van der Waals surface area (Å²) in [5.41, 5.74) is 0.178. The van der Waals surface area contributed by atoms with E-state index in [0.29, 0.717) is 4.90 Å². The predicted molar refractivity (Wildman–Crippen MR) is 66.1 cm³/mol. The molecule has 0 aliphatic heterocycles. The Kier molecular flexibility index (Phi) is 2.88. The molecular formula is C11H17NO2S2. The van der Waals surface area contributed by atoms with Crippen LogP contribution in [0, 0.1) is 5.41 Å². The van der Waals surface area contributed by atoms with Crippen molar-refractivity contribution in [2.24, 2.45) is 5.41 Å². The largest absolute Gasteiger partial charge is 0.243 e. The lowest BCUT2D eigenvalue weighted by atomic mass is 10.0. The molecule has 1 saturated carbocycles. The SMILES string of the molecule is CC(N(C)S(=O)(=O)c1ccsc1)C1(C)CC1. The Hall–Kier alpha value is -0.390. The Morgan fingerprint density at radius 2 is 2.12 bits per heavy atom. The summed E-state index contributed by atoms with van der Waals surface area (Å²) >= 11 is 1.41. The Morgan fingerprint density at radius 3 is 2.56 bits per heavy atom. The van der Waals surface area contributed by atoms with Gasteiger partial charge >= 0.3 is 0 Å². The van der Waals surface area contributed by atoms with Crippen molar-refractivity contribution in [3.63, 3.8) is 0 Å². The Labute approximate surface area is 101 Å². The van der Waals surface area contributed by atoms with Gasteiger partial charge < -0.3 is 0 Å². The molecule has 1 aromatic rings. The fourth-order valence-electron chi connectivity index (χ4n) is 1.83. The van der Waals surface area contributed by atoms with E-state index in [9.17, 15) is 8.42 Å². The molecule has 0 bridgehead atoms. The number of sulfonamides is 1. The highest BCUT2D eigenvalue weighted by Gasteiger charge is 2.46. The van der Waals surface area contributed by atoms with Crippen LogP contribution in [0.4, 0.5) is 0 Å². The molecule has 0 aromatic carbocycles. The highest BCUT2D eigenvalue weighted by Crippen LogP contribution is 2.50. The Bertz CT molecular complexity index is 460. The maximum Gasteiger partial charge on any atom is 0.243 e. The molecule has 5 heteroatoms. The van der Waals surface area contributed by atoms with Crippen LogP contribution in [0.1, 0.15) is 26.7 Å². The van der Waals surface area contributed by atoms with Gasteiger partial charge in [0.2, 0.25) is 10.0 Å². The van der Waals surface area contributed by atoms with Crippen LogP contribution in [0.5, 0.6) is 0 Å². The van der Waals surface area contributed by atoms with E-state index in [2.05, 4.69) is 6.92 Å². The van der Waals surface area contributed by atoms with Crippen LogP contribution in [0.15, 0.2) is 21.7 Å². The zero-order valence-electron chi connectivity index (χ0n) is 9.80. The second-order valence-electron chi connectivity index (χ2n) is 4.81. The smallest absolute Gasteiger partial charge is 0.207 e. The molecule has 1 fully saturated rings. The second kappa shape index (κ2) is 3.82. The van der Waals surface area contributed by atoms with Crippen molar-refractivity contribution in [1.29, 1.82) is 0 Å². The number of nitrogens with zero attached hydrogens (tertiary/aromatic N) is 1. The van der Waals surface area contributed by atoms with Crippen LogP contribution in [0.3, 0.4) is 0 Å². The molecule has 3 nitrogen and oxygen atoms in total. The first-order chi connectivity index (χ1) is 7.38. The normalized spacial score (nSPS) is 21.0. The van der Waals surface area contributed by atoms with Gasteiger partial charge in [0.05, 0.1) is 4.90 Å². The van der Waals surface area contributed by atoms with Gasteiger partial charge in [-0.25, -0.2) is 8.42 Å². The minimum Gasteiger partial charge on any atom is -0.207 e. The molecule has 2 rings (SSSR count). The van der Waals surface area contributed by atoms with E-state index in [4.69, 9.17) is 0 Å². The summed E-state index contributed by atoms with van der Waals surface area (Å²) in [7, 11) is -1.61.